The molecule has 0 aliphatic heterocycles. The first-order valence-electron chi connectivity index (χ1n) is 3.68. The molecule has 1 rings (SSSR count). The summed E-state index contributed by atoms with van der Waals surface area (Å²) < 4.78 is 4.74. The van der Waals surface area contributed by atoms with Gasteiger partial charge in [0.05, 0.1) is 6.61 Å². The van der Waals surface area contributed by atoms with Crippen LogP contribution in [0.25, 0.3) is 0 Å². The van der Waals surface area contributed by atoms with Crippen LogP contribution in [0.2, 0.25) is 0 Å². The summed E-state index contributed by atoms with van der Waals surface area (Å²) in [6.07, 6.45) is 2.17. The molecular formula is C7H14ClNO2. The summed E-state index contributed by atoms with van der Waals surface area (Å²) in [4.78, 5) is 10.9. The normalized spacial score (nSPS) is 18.4. The Kier molecular flexibility index (Phi) is 4.45. The molecule has 0 bridgehead atoms. The van der Waals surface area contributed by atoms with Crippen molar-refractivity contribution in [3.05, 3.63) is 0 Å². The largest absolute Gasteiger partial charge is 0.465 e. The van der Waals surface area contributed by atoms with Crippen LogP contribution in [0, 0.1) is 5.92 Å². The van der Waals surface area contributed by atoms with Crippen LogP contribution in [0.5, 0.6) is 0 Å². The fourth-order valence-corrected chi connectivity index (χ4v) is 0.886. The summed E-state index contributed by atoms with van der Waals surface area (Å²) in [5.74, 6) is 0.157. The van der Waals surface area contributed by atoms with Gasteiger partial charge < -0.3 is 10.5 Å². The molecule has 0 heterocycles. The molecule has 1 aliphatic carbocycles. The van der Waals surface area contributed by atoms with Gasteiger partial charge in [0.1, 0.15) is 6.04 Å². The minimum Gasteiger partial charge on any atom is -0.465 e. The van der Waals surface area contributed by atoms with Gasteiger partial charge in [-0.1, -0.05) is 0 Å². The quantitative estimate of drug-likeness (QED) is 0.650. The predicted molar refractivity (Wildman–Crippen MR) is 44.6 cm³/mol. The monoisotopic (exact) mass is 179 g/mol. The molecule has 3 nitrogen and oxygen atoms in total. The first-order chi connectivity index (χ1) is 4.75. The third-order valence-electron chi connectivity index (χ3n) is 1.69. The zero-order valence-corrected chi connectivity index (χ0v) is 7.39. The number of ether oxygens (including phenoxy) is 1. The maximum absolute atomic E-state index is 10.9. The minimum atomic E-state index is -0.361. The number of carbonyl (C=O) groups is 1. The molecule has 0 unspecified atom stereocenters. The van der Waals surface area contributed by atoms with Crippen molar-refractivity contribution in [2.75, 3.05) is 6.61 Å². The second-order valence-corrected chi connectivity index (χ2v) is 2.62. The number of carbonyl (C=O) groups excluding carboxylic acids is 1. The van der Waals surface area contributed by atoms with E-state index in [1.165, 1.54) is 0 Å². The van der Waals surface area contributed by atoms with Crippen LogP contribution in [0.1, 0.15) is 19.8 Å². The Hall–Kier alpha value is -0.280. The van der Waals surface area contributed by atoms with Crippen molar-refractivity contribution in [2.24, 2.45) is 11.7 Å². The van der Waals surface area contributed by atoms with Crippen LogP contribution in [-0.2, 0) is 9.53 Å². The SMILES string of the molecule is CCOC(=O)[C@@H](N)C1CC1.Cl. The minimum absolute atomic E-state index is 0. The Balaban J connectivity index is 0.000001000. The molecule has 0 aromatic carbocycles. The van der Waals surface area contributed by atoms with Crippen molar-refractivity contribution >= 4 is 18.4 Å². The summed E-state index contributed by atoms with van der Waals surface area (Å²) in [6, 6.07) is -0.361. The Morgan fingerprint density at radius 2 is 2.27 bits per heavy atom. The van der Waals surface area contributed by atoms with Gasteiger partial charge in [0.25, 0.3) is 0 Å². The molecule has 2 N–H and O–H groups in total. The zero-order valence-electron chi connectivity index (χ0n) is 6.58. The number of esters is 1. The van der Waals surface area contributed by atoms with Crippen LogP contribution < -0.4 is 5.73 Å². The molecule has 1 aliphatic rings. The Morgan fingerprint density at radius 1 is 1.73 bits per heavy atom. The molecule has 1 atom stereocenters. The van der Waals surface area contributed by atoms with E-state index in [0.29, 0.717) is 12.5 Å². The van der Waals surface area contributed by atoms with Crippen LogP contribution in [-0.4, -0.2) is 18.6 Å². The van der Waals surface area contributed by atoms with Crippen molar-refractivity contribution in [3.63, 3.8) is 0 Å². The third-order valence-corrected chi connectivity index (χ3v) is 1.69. The maximum atomic E-state index is 10.9. The number of hydrogen-bond donors (Lipinski definition) is 1. The van der Waals surface area contributed by atoms with E-state index in [0.717, 1.165) is 12.8 Å². The molecule has 0 aromatic rings. The van der Waals surface area contributed by atoms with E-state index in [1.54, 1.807) is 6.92 Å². The average Bonchev–Trinajstić information content (AvgIpc) is 2.68. The van der Waals surface area contributed by atoms with E-state index in [9.17, 15) is 4.79 Å². The van der Waals surface area contributed by atoms with Crippen molar-refractivity contribution in [1.82, 2.24) is 0 Å². The second kappa shape index (κ2) is 4.57. The molecule has 1 saturated carbocycles. The lowest BCUT2D eigenvalue weighted by molar-refractivity contribution is -0.145. The summed E-state index contributed by atoms with van der Waals surface area (Å²) >= 11 is 0. The summed E-state index contributed by atoms with van der Waals surface area (Å²) in [5, 5.41) is 0. The Morgan fingerprint density at radius 3 is 2.64 bits per heavy atom. The molecule has 0 saturated heterocycles. The lowest BCUT2D eigenvalue weighted by Crippen LogP contribution is -2.34. The molecule has 0 amide bonds. The Bertz CT molecular complexity index is 136. The second-order valence-electron chi connectivity index (χ2n) is 2.62. The van der Waals surface area contributed by atoms with Gasteiger partial charge in [0, 0.05) is 0 Å². The van der Waals surface area contributed by atoms with Crippen molar-refractivity contribution in [1.29, 1.82) is 0 Å². The first kappa shape index (κ1) is 10.7. The van der Waals surface area contributed by atoms with Crippen molar-refractivity contribution in [3.8, 4) is 0 Å². The van der Waals surface area contributed by atoms with Gasteiger partial charge in [0.2, 0.25) is 0 Å². The van der Waals surface area contributed by atoms with E-state index < -0.39 is 0 Å². The summed E-state index contributed by atoms with van der Waals surface area (Å²) in [5.41, 5.74) is 5.53. The van der Waals surface area contributed by atoms with Crippen LogP contribution in [0.15, 0.2) is 0 Å². The molecule has 0 aromatic heterocycles. The number of rotatable bonds is 3. The van der Waals surface area contributed by atoms with Crippen LogP contribution in [0.4, 0.5) is 0 Å². The number of hydrogen-bond acceptors (Lipinski definition) is 3. The highest BCUT2D eigenvalue weighted by Gasteiger charge is 2.33. The zero-order chi connectivity index (χ0) is 7.56. The highest BCUT2D eigenvalue weighted by Crippen LogP contribution is 2.31. The smallest absolute Gasteiger partial charge is 0.323 e. The molecular weight excluding hydrogens is 166 g/mol. The molecule has 11 heavy (non-hydrogen) atoms. The summed E-state index contributed by atoms with van der Waals surface area (Å²) in [6.45, 7) is 2.22. The molecule has 0 spiro atoms. The standard InChI is InChI=1S/C7H13NO2.ClH/c1-2-10-7(9)6(8)5-3-4-5;/h5-6H,2-4,8H2,1H3;1H/t6-;/m0./s1. The van der Waals surface area contributed by atoms with Gasteiger partial charge >= 0.3 is 5.97 Å². The first-order valence-corrected chi connectivity index (χ1v) is 3.68. The fourth-order valence-electron chi connectivity index (χ4n) is 0.886. The van der Waals surface area contributed by atoms with Gasteiger partial charge in [-0.15, -0.1) is 12.4 Å². The van der Waals surface area contributed by atoms with E-state index in [-0.39, 0.29) is 24.4 Å². The molecule has 1 fully saturated rings. The van der Waals surface area contributed by atoms with Gasteiger partial charge in [0.15, 0.2) is 0 Å². The highest BCUT2D eigenvalue weighted by molar-refractivity contribution is 5.85. The molecule has 4 heteroatoms. The van der Waals surface area contributed by atoms with E-state index in [4.69, 9.17) is 10.5 Å². The molecule has 66 valence electrons. The Labute approximate surface area is 72.7 Å². The van der Waals surface area contributed by atoms with Gasteiger partial charge in [-0.2, -0.15) is 0 Å². The predicted octanol–water partition coefficient (Wildman–Crippen LogP) is 0.709. The summed E-state index contributed by atoms with van der Waals surface area (Å²) in [7, 11) is 0. The van der Waals surface area contributed by atoms with Gasteiger partial charge in [-0.25, -0.2) is 0 Å². The lowest BCUT2D eigenvalue weighted by Gasteiger charge is -2.07. The average molecular weight is 180 g/mol. The topological polar surface area (TPSA) is 52.3 Å². The van der Waals surface area contributed by atoms with Crippen LogP contribution >= 0.6 is 12.4 Å². The molecule has 0 radical (unpaired) electrons. The highest BCUT2D eigenvalue weighted by atomic mass is 35.5. The number of halogens is 1. The number of nitrogens with two attached hydrogens (primary N) is 1. The maximum Gasteiger partial charge on any atom is 0.323 e. The van der Waals surface area contributed by atoms with Crippen LogP contribution in [0.3, 0.4) is 0 Å². The van der Waals surface area contributed by atoms with Gasteiger partial charge in [-0.3, -0.25) is 4.79 Å². The van der Waals surface area contributed by atoms with Crippen molar-refractivity contribution in [2.45, 2.75) is 25.8 Å². The van der Waals surface area contributed by atoms with E-state index >= 15 is 0 Å². The van der Waals surface area contributed by atoms with Gasteiger partial charge in [-0.05, 0) is 25.7 Å². The van der Waals surface area contributed by atoms with E-state index in [1.807, 2.05) is 0 Å². The fraction of sp³-hybridized carbons (Fsp3) is 0.857. The van der Waals surface area contributed by atoms with Crippen molar-refractivity contribution < 1.29 is 9.53 Å². The lowest BCUT2D eigenvalue weighted by atomic mass is 10.2. The van der Waals surface area contributed by atoms with E-state index in [2.05, 4.69) is 0 Å². The third kappa shape index (κ3) is 3.08.